The molecule has 1 aromatic heterocycles. The van der Waals surface area contributed by atoms with E-state index in [9.17, 15) is 0 Å². The molecule has 0 radical (unpaired) electrons. The summed E-state index contributed by atoms with van der Waals surface area (Å²) in [5.74, 6) is 0. The Labute approximate surface area is 108 Å². The van der Waals surface area contributed by atoms with Crippen LogP contribution in [-0.4, -0.2) is 29.5 Å². The second-order valence-electron chi connectivity index (χ2n) is 4.81. The molecule has 0 bridgehead atoms. The molecule has 3 nitrogen and oxygen atoms in total. The van der Waals surface area contributed by atoms with E-state index in [-0.39, 0.29) is 6.04 Å². The Morgan fingerprint density at radius 2 is 2.11 bits per heavy atom. The van der Waals surface area contributed by atoms with Crippen molar-refractivity contribution in [3.63, 3.8) is 0 Å². The molecule has 18 heavy (non-hydrogen) atoms. The van der Waals surface area contributed by atoms with Crippen molar-refractivity contribution in [1.29, 1.82) is 5.26 Å². The maximum absolute atomic E-state index is 8.89. The molecule has 1 aromatic carbocycles. The molecule has 1 unspecified atom stereocenters. The molecule has 0 aliphatic rings. The Morgan fingerprint density at radius 3 is 2.83 bits per heavy atom. The molecular formula is C15H19N3. The summed E-state index contributed by atoms with van der Waals surface area (Å²) in [6.45, 7) is 4.95. The van der Waals surface area contributed by atoms with Gasteiger partial charge in [-0.1, -0.05) is 18.2 Å². The maximum Gasteiger partial charge on any atom is 0.0946 e. The first-order valence-electron chi connectivity index (χ1n) is 6.29. The van der Waals surface area contributed by atoms with Crippen LogP contribution in [0, 0.1) is 18.3 Å². The number of hydrogen-bond donors (Lipinski definition) is 1. The fraction of sp³-hybridized carbons (Fsp3) is 0.400. The van der Waals surface area contributed by atoms with Gasteiger partial charge in [0.25, 0.3) is 0 Å². The first kappa shape index (κ1) is 12.7. The van der Waals surface area contributed by atoms with Crippen molar-refractivity contribution >= 4 is 10.9 Å². The highest BCUT2D eigenvalue weighted by molar-refractivity contribution is 5.84. The molecule has 2 rings (SSSR count). The molecule has 0 aliphatic heterocycles. The van der Waals surface area contributed by atoms with Crippen molar-refractivity contribution in [1.82, 2.24) is 9.88 Å². The Balaban J connectivity index is 2.17. The lowest BCUT2D eigenvalue weighted by Gasteiger charge is -2.18. The fourth-order valence-electron chi connectivity index (χ4n) is 2.24. The van der Waals surface area contributed by atoms with Crippen LogP contribution in [0.5, 0.6) is 0 Å². The van der Waals surface area contributed by atoms with E-state index >= 15 is 0 Å². The van der Waals surface area contributed by atoms with E-state index in [4.69, 9.17) is 5.26 Å². The molecule has 2 aromatic rings. The monoisotopic (exact) mass is 241 g/mol. The molecule has 1 heterocycles. The van der Waals surface area contributed by atoms with Gasteiger partial charge in [-0.2, -0.15) is 5.26 Å². The predicted octanol–water partition coefficient (Wildman–Crippen LogP) is 2.86. The summed E-state index contributed by atoms with van der Waals surface area (Å²) in [4.78, 5) is 5.50. The Hall–Kier alpha value is -1.79. The Bertz CT molecular complexity index is 577. The van der Waals surface area contributed by atoms with Crippen LogP contribution in [0.3, 0.4) is 0 Å². The molecule has 0 saturated carbocycles. The van der Waals surface area contributed by atoms with Crippen LogP contribution in [0.15, 0.2) is 24.3 Å². The molecular weight excluding hydrogens is 222 g/mol. The highest BCUT2D eigenvalue weighted by Crippen LogP contribution is 2.22. The van der Waals surface area contributed by atoms with Gasteiger partial charge in [-0.15, -0.1) is 0 Å². The molecule has 3 heteroatoms. The Morgan fingerprint density at radius 1 is 1.39 bits per heavy atom. The largest absolute Gasteiger partial charge is 0.358 e. The number of rotatable bonds is 4. The smallest absolute Gasteiger partial charge is 0.0946 e. The molecule has 0 fully saturated rings. The van der Waals surface area contributed by atoms with Gasteiger partial charge in [0.2, 0.25) is 0 Å². The topological polar surface area (TPSA) is 42.8 Å². The molecule has 0 spiro atoms. The first-order valence-corrected chi connectivity index (χ1v) is 6.29. The van der Waals surface area contributed by atoms with Crippen LogP contribution >= 0.6 is 0 Å². The quantitative estimate of drug-likeness (QED) is 0.894. The first-order chi connectivity index (χ1) is 8.63. The van der Waals surface area contributed by atoms with Crippen molar-refractivity contribution in [3.8, 4) is 6.07 Å². The molecule has 94 valence electrons. The fourth-order valence-corrected chi connectivity index (χ4v) is 2.24. The molecule has 1 N–H and O–H groups in total. The highest BCUT2D eigenvalue weighted by atomic mass is 15.1. The lowest BCUT2D eigenvalue weighted by atomic mass is 10.1. The number of nitriles is 1. The van der Waals surface area contributed by atoms with E-state index in [2.05, 4.69) is 41.1 Å². The van der Waals surface area contributed by atoms with E-state index in [0.29, 0.717) is 0 Å². The SMILES string of the molecule is Cc1[nH]c2ccccc2c1CCN(C)C(C)C#N. The van der Waals surface area contributed by atoms with Gasteiger partial charge < -0.3 is 4.98 Å². The Kier molecular flexibility index (Phi) is 3.69. The summed E-state index contributed by atoms with van der Waals surface area (Å²) in [6, 6.07) is 10.6. The van der Waals surface area contributed by atoms with Crippen LogP contribution in [0.4, 0.5) is 0 Å². The highest BCUT2D eigenvalue weighted by Gasteiger charge is 2.11. The van der Waals surface area contributed by atoms with Crippen molar-refractivity contribution in [3.05, 3.63) is 35.5 Å². The number of nitrogens with zero attached hydrogens (tertiary/aromatic N) is 2. The summed E-state index contributed by atoms with van der Waals surface area (Å²) in [5, 5.41) is 10.2. The van der Waals surface area contributed by atoms with Crippen LogP contribution in [0.25, 0.3) is 10.9 Å². The number of nitrogens with one attached hydrogen (secondary N) is 1. The zero-order chi connectivity index (χ0) is 13.1. The van der Waals surface area contributed by atoms with Crippen LogP contribution in [-0.2, 0) is 6.42 Å². The van der Waals surface area contributed by atoms with Crippen LogP contribution in [0.1, 0.15) is 18.2 Å². The number of aryl methyl sites for hydroxylation is 1. The maximum atomic E-state index is 8.89. The van der Waals surface area contributed by atoms with Gasteiger partial charge in [-0.05, 0) is 38.9 Å². The number of H-pyrrole nitrogens is 1. The lowest BCUT2D eigenvalue weighted by molar-refractivity contribution is 0.306. The molecule has 0 amide bonds. The van der Waals surface area contributed by atoms with Gasteiger partial charge in [0.05, 0.1) is 12.1 Å². The van der Waals surface area contributed by atoms with Gasteiger partial charge in [-0.3, -0.25) is 4.90 Å². The van der Waals surface area contributed by atoms with Crippen molar-refractivity contribution < 1.29 is 0 Å². The number of para-hydroxylation sites is 1. The number of hydrogen-bond acceptors (Lipinski definition) is 2. The van der Waals surface area contributed by atoms with Crippen molar-refractivity contribution in [2.75, 3.05) is 13.6 Å². The summed E-state index contributed by atoms with van der Waals surface area (Å²) < 4.78 is 0. The third-order valence-electron chi connectivity index (χ3n) is 3.59. The third-order valence-corrected chi connectivity index (χ3v) is 3.59. The summed E-state index contributed by atoms with van der Waals surface area (Å²) in [7, 11) is 2.00. The minimum Gasteiger partial charge on any atom is -0.358 e. The van der Waals surface area contributed by atoms with E-state index in [1.54, 1.807) is 0 Å². The predicted molar refractivity (Wildman–Crippen MR) is 74.4 cm³/mol. The minimum absolute atomic E-state index is 0.0319. The summed E-state index contributed by atoms with van der Waals surface area (Å²) >= 11 is 0. The zero-order valence-corrected chi connectivity index (χ0v) is 11.2. The third kappa shape index (κ3) is 2.39. The van der Waals surface area contributed by atoms with Crippen LogP contribution in [0.2, 0.25) is 0 Å². The number of fused-ring (bicyclic) bond motifs is 1. The van der Waals surface area contributed by atoms with Gasteiger partial charge in [0.15, 0.2) is 0 Å². The van der Waals surface area contributed by atoms with E-state index < -0.39 is 0 Å². The average Bonchev–Trinajstić information content (AvgIpc) is 2.70. The average molecular weight is 241 g/mol. The molecule has 0 aliphatic carbocycles. The number of benzene rings is 1. The minimum atomic E-state index is -0.0319. The summed E-state index contributed by atoms with van der Waals surface area (Å²) in [6.07, 6.45) is 0.971. The second kappa shape index (κ2) is 5.24. The van der Waals surface area contributed by atoms with Crippen molar-refractivity contribution in [2.24, 2.45) is 0 Å². The number of aromatic amines is 1. The van der Waals surface area contributed by atoms with Gasteiger partial charge in [0, 0.05) is 23.1 Å². The van der Waals surface area contributed by atoms with E-state index in [1.165, 1.54) is 22.2 Å². The van der Waals surface area contributed by atoms with E-state index in [1.807, 2.05) is 20.0 Å². The standard InChI is InChI=1S/C15H19N3/c1-11(10-16)18(3)9-8-13-12(2)17-15-7-5-4-6-14(13)15/h4-7,11,17H,8-9H2,1-3H3. The van der Waals surface area contributed by atoms with E-state index in [0.717, 1.165) is 13.0 Å². The van der Waals surface area contributed by atoms with Gasteiger partial charge in [-0.25, -0.2) is 0 Å². The molecule has 1 atom stereocenters. The number of likely N-dealkylation sites (N-methyl/N-ethyl adjacent to an activating group) is 1. The van der Waals surface area contributed by atoms with Gasteiger partial charge >= 0.3 is 0 Å². The van der Waals surface area contributed by atoms with Gasteiger partial charge in [0.1, 0.15) is 0 Å². The zero-order valence-electron chi connectivity index (χ0n) is 11.2. The number of aromatic nitrogens is 1. The summed E-state index contributed by atoms with van der Waals surface area (Å²) in [5.41, 5.74) is 3.79. The normalized spacial score (nSPS) is 12.8. The van der Waals surface area contributed by atoms with Crippen molar-refractivity contribution in [2.45, 2.75) is 26.3 Å². The van der Waals surface area contributed by atoms with Crippen LogP contribution < -0.4 is 0 Å². The lowest BCUT2D eigenvalue weighted by Crippen LogP contribution is -2.29. The second-order valence-corrected chi connectivity index (χ2v) is 4.81. The molecule has 0 saturated heterocycles.